The number of rotatable bonds is 9. The number of halogens is 4. The van der Waals surface area contributed by atoms with Crippen molar-refractivity contribution in [2.24, 2.45) is 5.92 Å². The van der Waals surface area contributed by atoms with Crippen molar-refractivity contribution >= 4 is 23.4 Å². The Balaban J connectivity index is 1.71. The van der Waals surface area contributed by atoms with Crippen molar-refractivity contribution in [2.45, 2.75) is 56.9 Å². The van der Waals surface area contributed by atoms with Crippen LogP contribution in [-0.4, -0.2) is 25.9 Å². The zero-order valence-electron chi connectivity index (χ0n) is 19.6. The molecular formula is C24H26F4N4O2S. The number of benzene rings is 2. The first-order chi connectivity index (χ1) is 16.4. The van der Waals surface area contributed by atoms with E-state index < -0.39 is 23.1 Å². The van der Waals surface area contributed by atoms with Gasteiger partial charge in [0.15, 0.2) is 17.1 Å². The molecule has 35 heavy (non-hydrogen) atoms. The van der Waals surface area contributed by atoms with Crippen LogP contribution in [0.5, 0.6) is 5.75 Å². The SMILES string of the molecule is CC(C)Cn1c(SC(C)C(=O)Nc2ccc(C(F)(F)F)cc2)nnc1C(C)Oc1ccc(F)cc1. The van der Waals surface area contributed by atoms with Crippen molar-refractivity contribution in [1.29, 1.82) is 0 Å². The van der Waals surface area contributed by atoms with E-state index in [9.17, 15) is 22.4 Å². The third kappa shape index (κ3) is 7.20. The number of nitrogens with zero attached hydrogens (tertiary/aromatic N) is 3. The summed E-state index contributed by atoms with van der Waals surface area (Å²) in [4.78, 5) is 12.7. The predicted molar refractivity (Wildman–Crippen MR) is 126 cm³/mol. The van der Waals surface area contributed by atoms with Crippen LogP contribution in [0.4, 0.5) is 23.2 Å². The minimum absolute atomic E-state index is 0.249. The standard InChI is InChI=1S/C24H26F4N4O2S/c1-14(2)13-32-21(15(3)34-20-11-7-18(25)8-12-20)30-31-23(32)35-16(4)22(33)29-19-9-5-17(6-10-19)24(26,27)28/h5-12,14-16H,13H2,1-4H3,(H,29,33). The highest BCUT2D eigenvalue weighted by Gasteiger charge is 2.30. The van der Waals surface area contributed by atoms with Gasteiger partial charge in [-0.15, -0.1) is 10.2 Å². The Bertz CT molecular complexity index is 1130. The van der Waals surface area contributed by atoms with Gasteiger partial charge in [-0.1, -0.05) is 25.6 Å². The summed E-state index contributed by atoms with van der Waals surface area (Å²) in [6.07, 6.45) is -4.93. The number of carbonyl (C=O) groups excluding carboxylic acids is 1. The number of alkyl halides is 3. The molecule has 2 unspecified atom stereocenters. The van der Waals surface area contributed by atoms with Gasteiger partial charge in [0, 0.05) is 12.2 Å². The van der Waals surface area contributed by atoms with Crippen LogP contribution in [0.1, 0.15) is 45.2 Å². The van der Waals surface area contributed by atoms with Crippen molar-refractivity contribution in [2.75, 3.05) is 5.32 Å². The number of aromatic nitrogens is 3. The molecule has 0 saturated heterocycles. The molecule has 1 heterocycles. The predicted octanol–water partition coefficient (Wildman–Crippen LogP) is 6.35. The smallest absolute Gasteiger partial charge is 0.416 e. The number of anilines is 1. The summed E-state index contributed by atoms with van der Waals surface area (Å²) in [6.45, 7) is 8.12. The molecule has 2 atom stereocenters. The molecule has 0 aliphatic rings. The van der Waals surface area contributed by atoms with E-state index in [2.05, 4.69) is 15.5 Å². The molecule has 0 aliphatic heterocycles. The van der Waals surface area contributed by atoms with Crippen LogP contribution in [0.2, 0.25) is 0 Å². The van der Waals surface area contributed by atoms with E-state index in [1.54, 1.807) is 13.8 Å². The zero-order valence-corrected chi connectivity index (χ0v) is 20.5. The van der Waals surface area contributed by atoms with Gasteiger partial charge in [0.05, 0.1) is 10.8 Å². The number of nitrogens with one attached hydrogen (secondary N) is 1. The third-order valence-electron chi connectivity index (χ3n) is 4.91. The highest BCUT2D eigenvalue weighted by atomic mass is 32.2. The van der Waals surface area contributed by atoms with Gasteiger partial charge in [0.2, 0.25) is 5.91 Å². The fraction of sp³-hybridized carbons (Fsp3) is 0.375. The van der Waals surface area contributed by atoms with Gasteiger partial charge in [-0.3, -0.25) is 4.79 Å². The molecule has 2 aromatic carbocycles. The molecule has 6 nitrogen and oxygen atoms in total. The Labute approximate surface area is 205 Å². The molecule has 0 aliphatic carbocycles. The van der Waals surface area contributed by atoms with Crippen LogP contribution in [0.15, 0.2) is 53.7 Å². The fourth-order valence-corrected chi connectivity index (χ4v) is 4.06. The maximum absolute atomic E-state index is 13.2. The molecule has 3 rings (SSSR count). The number of ether oxygens (including phenoxy) is 1. The molecule has 188 valence electrons. The van der Waals surface area contributed by atoms with Crippen molar-refractivity contribution in [1.82, 2.24) is 14.8 Å². The van der Waals surface area contributed by atoms with Crippen LogP contribution in [-0.2, 0) is 17.5 Å². The lowest BCUT2D eigenvalue weighted by molar-refractivity contribution is -0.137. The van der Waals surface area contributed by atoms with Crippen LogP contribution in [0, 0.1) is 11.7 Å². The van der Waals surface area contributed by atoms with Crippen LogP contribution >= 0.6 is 11.8 Å². The normalized spacial score (nSPS) is 13.5. The Morgan fingerprint density at radius 2 is 1.66 bits per heavy atom. The third-order valence-corrected chi connectivity index (χ3v) is 5.99. The number of thioether (sulfide) groups is 1. The zero-order chi connectivity index (χ0) is 25.8. The molecular weight excluding hydrogens is 484 g/mol. The summed E-state index contributed by atoms with van der Waals surface area (Å²) in [5.74, 6) is 0.539. The molecule has 0 radical (unpaired) electrons. The molecule has 1 amide bonds. The highest BCUT2D eigenvalue weighted by Crippen LogP contribution is 2.31. The van der Waals surface area contributed by atoms with Gasteiger partial charge in [0.25, 0.3) is 0 Å². The lowest BCUT2D eigenvalue weighted by atomic mass is 10.2. The number of hydrogen-bond acceptors (Lipinski definition) is 5. The second-order valence-corrected chi connectivity index (χ2v) is 9.69. The van der Waals surface area contributed by atoms with Gasteiger partial charge in [-0.25, -0.2) is 4.39 Å². The second kappa shape index (κ2) is 11.1. The molecule has 1 aromatic heterocycles. The van der Waals surface area contributed by atoms with Gasteiger partial charge in [0.1, 0.15) is 11.6 Å². The first-order valence-electron chi connectivity index (χ1n) is 10.9. The summed E-state index contributed by atoms with van der Waals surface area (Å²) < 4.78 is 59.2. The van der Waals surface area contributed by atoms with Gasteiger partial charge in [-0.2, -0.15) is 13.2 Å². The quantitative estimate of drug-likeness (QED) is 0.268. The number of hydrogen-bond donors (Lipinski definition) is 1. The van der Waals surface area contributed by atoms with Crippen molar-refractivity contribution in [3.63, 3.8) is 0 Å². The summed E-state index contributed by atoms with van der Waals surface area (Å²) in [6, 6.07) is 9.93. The number of carbonyl (C=O) groups is 1. The van der Waals surface area contributed by atoms with Crippen molar-refractivity contribution in [3.8, 4) is 5.75 Å². The molecule has 0 saturated carbocycles. The summed E-state index contributed by atoms with van der Waals surface area (Å²) in [5.41, 5.74) is -0.523. The largest absolute Gasteiger partial charge is 0.483 e. The van der Waals surface area contributed by atoms with E-state index in [-0.39, 0.29) is 23.3 Å². The molecule has 0 fully saturated rings. The van der Waals surface area contributed by atoms with Crippen LogP contribution in [0.3, 0.4) is 0 Å². The number of amides is 1. The summed E-state index contributed by atoms with van der Waals surface area (Å²) in [5, 5.41) is 11.0. The minimum atomic E-state index is -4.44. The van der Waals surface area contributed by atoms with Gasteiger partial charge >= 0.3 is 6.18 Å². The van der Waals surface area contributed by atoms with Crippen molar-refractivity contribution < 1.29 is 27.1 Å². The van der Waals surface area contributed by atoms with Gasteiger partial charge < -0.3 is 14.6 Å². The van der Waals surface area contributed by atoms with E-state index >= 15 is 0 Å². The Morgan fingerprint density at radius 1 is 1.03 bits per heavy atom. The second-order valence-electron chi connectivity index (χ2n) is 8.38. The van der Waals surface area contributed by atoms with E-state index in [0.29, 0.717) is 23.3 Å². The lowest BCUT2D eigenvalue weighted by Crippen LogP contribution is -2.23. The Kier molecular flexibility index (Phi) is 8.42. The molecule has 0 bridgehead atoms. The van der Waals surface area contributed by atoms with Crippen LogP contribution < -0.4 is 10.1 Å². The summed E-state index contributed by atoms with van der Waals surface area (Å²) >= 11 is 1.19. The first-order valence-corrected chi connectivity index (χ1v) is 11.8. The topological polar surface area (TPSA) is 69.0 Å². The molecule has 3 aromatic rings. The maximum atomic E-state index is 13.2. The maximum Gasteiger partial charge on any atom is 0.416 e. The first kappa shape index (κ1) is 26.5. The summed E-state index contributed by atoms with van der Waals surface area (Å²) in [7, 11) is 0. The van der Waals surface area contributed by atoms with E-state index in [1.807, 2.05) is 18.4 Å². The minimum Gasteiger partial charge on any atom is -0.483 e. The van der Waals surface area contributed by atoms with E-state index in [4.69, 9.17) is 4.74 Å². The van der Waals surface area contributed by atoms with Crippen LogP contribution in [0.25, 0.3) is 0 Å². The Hall–Kier alpha value is -3.08. The monoisotopic (exact) mass is 510 g/mol. The van der Waals surface area contributed by atoms with E-state index in [1.165, 1.54) is 48.2 Å². The lowest BCUT2D eigenvalue weighted by Gasteiger charge is -2.18. The molecule has 11 heteroatoms. The highest BCUT2D eigenvalue weighted by molar-refractivity contribution is 8.00. The van der Waals surface area contributed by atoms with E-state index in [0.717, 1.165) is 12.1 Å². The van der Waals surface area contributed by atoms with Crippen molar-refractivity contribution in [3.05, 3.63) is 65.7 Å². The van der Waals surface area contributed by atoms with Gasteiger partial charge in [-0.05, 0) is 68.3 Å². The Morgan fingerprint density at radius 3 is 2.23 bits per heavy atom. The fourth-order valence-electron chi connectivity index (χ4n) is 3.19. The molecule has 0 spiro atoms. The average molecular weight is 511 g/mol. The molecule has 1 N–H and O–H groups in total. The average Bonchev–Trinajstić information content (AvgIpc) is 3.16.